The summed E-state index contributed by atoms with van der Waals surface area (Å²) >= 11 is 5.89. The Morgan fingerprint density at radius 2 is 1.92 bits per heavy atom. The van der Waals surface area contributed by atoms with Gasteiger partial charge in [-0.25, -0.2) is 4.79 Å². The number of nitrogens with zero attached hydrogens (tertiary/aromatic N) is 2. The van der Waals surface area contributed by atoms with E-state index < -0.39 is 0 Å². The van der Waals surface area contributed by atoms with Crippen LogP contribution in [0.1, 0.15) is 5.56 Å². The van der Waals surface area contributed by atoms with Gasteiger partial charge in [-0.1, -0.05) is 17.7 Å². The Morgan fingerprint density at radius 3 is 2.62 bits per heavy atom. The fourth-order valence-electron chi connectivity index (χ4n) is 2.87. The fraction of sp³-hybridized carbons (Fsp3) is 0.263. The topological polar surface area (TPSA) is 61.9 Å². The molecule has 3 rings (SSSR count). The maximum absolute atomic E-state index is 12.6. The average molecular weight is 374 g/mol. The van der Waals surface area contributed by atoms with E-state index in [1.165, 1.54) is 4.90 Å². The van der Waals surface area contributed by atoms with Crippen molar-refractivity contribution in [2.45, 2.75) is 6.92 Å². The van der Waals surface area contributed by atoms with Gasteiger partial charge < -0.3 is 15.0 Å². The first-order valence-electron chi connectivity index (χ1n) is 8.24. The number of rotatable bonds is 5. The van der Waals surface area contributed by atoms with E-state index in [4.69, 9.17) is 16.3 Å². The number of amides is 3. The molecule has 136 valence electrons. The number of methoxy groups -OCH3 is 1. The number of nitrogens with one attached hydrogen (secondary N) is 1. The lowest BCUT2D eigenvalue weighted by molar-refractivity contribution is -0.116. The number of anilines is 2. The normalized spacial score (nSPS) is 13.9. The molecule has 1 saturated heterocycles. The average Bonchev–Trinajstić information content (AvgIpc) is 2.96. The second-order valence-corrected chi connectivity index (χ2v) is 6.52. The molecule has 3 amide bonds. The summed E-state index contributed by atoms with van der Waals surface area (Å²) in [6.45, 7) is 2.93. The molecule has 1 heterocycles. The number of aryl methyl sites for hydroxylation is 1. The maximum atomic E-state index is 12.6. The van der Waals surface area contributed by atoms with Crippen LogP contribution >= 0.6 is 11.6 Å². The number of halogens is 1. The van der Waals surface area contributed by atoms with Gasteiger partial charge in [0, 0.05) is 23.8 Å². The standard InChI is InChI=1S/C19H20ClN3O3/c1-13-3-8-17(26-2)16(11-13)21-18(24)12-22-9-10-23(19(22)25)15-6-4-14(20)5-7-15/h3-8,11H,9-10,12H2,1-2H3,(H,21,24). The van der Waals surface area contributed by atoms with Gasteiger partial charge in [0.25, 0.3) is 0 Å². The third-order valence-corrected chi connectivity index (χ3v) is 4.45. The van der Waals surface area contributed by atoms with Crippen LogP contribution in [0.5, 0.6) is 5.75 Å². The van der Waals surface area contributed by atoms with Crippen molar-refractivity contribution >= 4 is 34.9 Å². The Kier molecular flexibility index (Phi) is 5.32. The van der Waals surface area contributed by atoms with Gasteiger partial charge >= 0.3 is 6.03 Å². The molecule has 2 aromatic rings. The van der Waals surface area contributed by atoms with Crippen molar-refractivity contribution in [3.8, 4) is 5.75 Å². The van der Waals surface area contributed by atoms with Crippen LogP contribution in [-0.4, -0.2) is 43.6 Å². The van der Waals surface area contributed by atoms with Crippen molar-refractivity contribution in [2.24, 2.45) is 0 Å². The quantitative estimate of drug-likeness (QED) is 0.872. The van der Waals surface area contributed by atoms with Gasteiger partial charge in [0.15, 0.2) is 0 Å². The Balaban J connectivity index is 1.64. The summed E-state index contributed by atoms with van der Waals surface area (Å²) < 4.78 is 5.26. The van der Waals surface area contributed by atoms with Crippen molar-refractivity contribution in [1.29, 1.82) is 0 Å². The van der Waals surface area contributed by atoms with E-state index in [0.29, 0.717) is 29.5 Å². The zero-order chi connectivity index (χ0) is 18.7. The van der Waals surface area contributed by atoms with Gasteiger partial charge in [-0.15, -0.1) is 0 Å². The minimum absolute atomic E-state index is 0.0139. The number of urea groups is 1. The number of hydrogen-bond acceptors (Lipinski definition) is 3. The lowest BCUT2D eigenvalue weighted by atomic mass is 10.2. The molecule has 0 saturated carbocycles. The van der Waals surface area contributed by atoms with E-state index in [9.17, 15) is 9.59 Å². The molecule has 26 heavy (non-hydrogen) atoms. The molecule has 0 unspecified atom stereocenters. The minimum Gasteiger partial charge on any atom is -0.495 e. The molecule has 6 nitrogen and oxygen atoms in total. The lowest BCUT2D eigenvalue weighted by Gasteiger charge is -2.19. The first-order chi connectivity index (χ1) is 12.5. The van der Waals surface area contributed by atoms with Gasteiger partial charge in [-0.3, -0.25) is 9.69 Å². The summed E-state index contributed by atoms with van der Waals surface area (Å²) in [6, 6.07) is 12.4. The highest BCUT2D eigenvalue weighted by atomic mass is 35.5. The molecule has 0 bridgehead atoms. The molecule has 1 aliphatic heterocycles. The minimum atomic E-state index is -0.264. The summed E-state index contributed by atoms with van der Waals surface area (Å²) in [4.78, 5) is 28.1. The van der Waals surface area contributed by atoms with Crippen LogP contribution in [0, 0.1) is 6.92 Å². The zero-order valence-corrected chi connectivity index (χ0v) is 15.4. The van der Waals surface area contributed by atoms with Crippen LogP contribution in [0.4, 0.5) is 16.2 Å². The predicted molar refractivity (Wildman–Crippen MR) is 102 cm³/mol. The number of carbonyl (C=O) groups is 2. The van der Waals surface area contributed by atoms with Gasteiger partial charge in [0.2, 0.25) is 5.91 Å². The summed E-state index contributed by atoms with van der Waals surface area (Å²) in [7, 11) is 1.55. The van der Waals surface area contributed by atoms with Crippen molar-refractivity contribution in [2.75, 3.05) is 37.0 Å². The number of ether oxygens (including phenoxy) is 1. The SMILES string of the molecule is COc1ccc(C)cc1NC(=O)CN1CCN(c2ccc(Cl)cc2)C1=O. The summed E-state index contributed by atoms with van der Waals surface area (Å²) in [5.41, 5.74) is 2.37. The maximum Gasteiger partial charge on any atom is 0.325 e. The van der Waals surface area contributed by atoms with Crippen molar-refractivity contribution in [3.05, 3.63) is 53.1 Å². The van der Waals surface area contributed by atoms with Crippen LogP contribution in [0.25, 0.3) is 0 Å². The summed E-state index contributed by atoms with van der Waals surface area (Å²) in [5.74, 6) is 0.319. The zero-order valence-electron chi connectivity index (χ0n) is 14.7. The second-order valence-electron chi connectivity index (χ2n) is 6.08. The van der Waals surface area contributed by atoms with E-state index >= 15 is 0 Å². The molecular weight excluding hydrogens is 354 g/mol. The van der Waals surface area contributed by atoms with Crippen molar-refractivity contribution in [1.82, 2.24) is 4.90 Å². The molecular formula is C19H20ClN3O3. The van der Waals surface area contributed by atoms with Crippen molar-refractivity contribution < 1.29 is 14.3 Å². The fourth-order valence-corrected chi connectivity index (χ4v) is 3.00. The highest BCUT2D eigenvalue weighted by Crippen LogP contribution is 2.26. The van der Waals surface area contributed by atoms with Crippen LogP contribution in [0.3, 0.4) is 0 Å². The monoisotopic (exact) mass is 373 g/mol. The van der Waals surface area contributed by atoms with E-state index in [1.54, 1.807) is 42.3 Å². The molecule has 1 aliphatic rings. The van der Waals surface area contributed by atoms with E-state index in [0.717, 1.165) is 11.3 Å². The van der Waals surface area contributed by atoms with Gasteiger partial charge in [-0.2, -0.15) is 0 Å². The lowest BCUT2D eigenvalue weighted by Crippen LogP contribution is -2.37. The first kappa shape index (κ1) is 18.1. The summed E-state index contributed by atoms with van der Waals surface area (Å²) in [5, 5.41) is 3.43. The number of carbonyl (C=O) groups excluding carboxylic acids is 2. The van der Waals surface area contributed by atoms with E-state index in [-0.39, 0.29) is 18.5 Å². The molecule has 0 spiro atoms. The largest absolute Gasteiger partial charge is 0.495 e. The molecule has 1 fully saturated rings. The van der Waals surface area contributed by atoms with Gasteiger partial charge in [0.1, 0.15) is 12.3 Å². The third-order valence-electron chi connectivity index (χ3n) is 4.20. The summed E-state index contributed by atoms with van der Waals surface area (Å²) in [6.07, 6.45) is 0. The Hall–Kier alpha value is -2.73. The molecule has 0 aromatic heterocycles. The molecule has 0 atom stereocenters. The molecule has 0 radical (unpaired) electrons. The Bertz CT molecular complexity index is 823. The van der Waals surface area contributed by atoms with Crippen LogP contribution in [0.2, 0.25) is 5.02 Å². The predicted octanol–water partition coefficient (Wildman–Crippen LogP) is 3.54. The van der Waals surface area contributed by atoms with Gasteiger partial charge in [0.05, 0.1) is 12.8 Å². The smallest absolute Gasteiger partial charge is 0.325 e. The van der Waals surface area contributed by atoms with Gasteiger partial charge in [-0.05, 0) is 48.9 Å². The van der Waals surface area contributed by atoms with Crippen molar-refractivity contribution in [3.63, 3.8) is 0 Å². The third kappa shape index (κ3) is 3.91. The van der Waals surface area contributed by atoms with E-state index in [2.05, 4.69) is 5.32 Å². The highest BCUT2D eigenvalue weighted by Gasteiger charge is 2.30. The molecule has 1 N–H and O–H groups in total. The van der Waals surface area contributed by atoms with Crippen LogP contribution < -0.4 is 15.0 Å². The molecule has 0 aliphatic carbocycles. The van der Waals surface area contributed by atoms with Crippen LogP contribution in [-0.2, 0) is 4.79 Å². The second kappa shape index (κ2) is 7.66. The highest BCUT2D eigenvalue weighted by molar-refractivity contribution is 6.30. The first-order valence-corrected chi connectivity index (χ1v) is 8.62. The molecule has 2 aromatic carbocycles. The number of hydrogen-bond donors (Lipinski definition) is 1. The Labute approximate surface area is 157 Å². The van der Waals surface area contributed by atoms with Crippen LogP contribution in [0.15, 0.2) is 42.5 Å². The molecule has 7 heteroatoms. The Morgan fingerprint density at radius 1 is 1.19 bits per heavy atom. The number of benzene rings is 2. The van der Waals surface area contributed by atoms with E-state index in [1.807, 2.05) is 19.1 Å².